The quantitative estimate of drug-likeness (QED) is 0.0325. The van der Waals surface area contributed by atoms with Crippen molar-refractivity contribution in [1.29, 1.82) is 0 Å². The number of unbranched alkanes of at least 4 members (excludes halogenated alkanes) is 29. The molecule has 0 aromatic carbocycles. The molecule has 324 valence electrons. The molecule has 0 fully saturated rings. The molecule has 2 atom stereocenters. The lowest BCUT2D eigenvalue weighted by atomic mass is 10.0. The fraction of sp³-hybridized carbons (Fsp3) is 0.878. The number of nitrogens with one attached hydrogen (secondary N) is 1. The summed E-state index contributed by atoms with van der Waals surface area (Å²) < 4.78 is 5.43. The van der Waals surface area contributed by atoms with Crippen molar-refractivity contribution in [1.82, 2.24) is 5.32 Å². The molecule has 0 aliphatic rings. The van der Waals surface area contributed by atoms with Crippen molar-refractivity contribution in [2.45, 2.75) is 264 Å². The van der Waals surface area contributed by atoms with Crippen LogP contribution in [0, 0.1) is 0 Å². The molecule has 0 heterocycles. The second-order valence-corrected chi connectivity index (χ2v) is 16.4. The second kappa shape index (κ2) is 45.0. The number of hydrogen-bond donors (Lipinski definition) is 3. The van der Waals surface area contributed by atoms with Gasteiger partial charge in [-0.15, -0.1) is 0 Å². The lowest BCUT2D eigenvalue weighted by Crippen LogP contribution is -2.45. The number of ether oxygens (including phenoxy) is 1. The summed E-state index contributed by atoms with van der Waals surface area (Å²) in [4.78, 5) is 24.3. The summed E-state index contributed by atoms with van der Waals surface area (Å²) in [5, 5.41) is 23.1. The number of rotatable bonds is 44. The average molecular weight is 776 g/mol. The van der Waals surface area contributed by atoms with Crippen LogP contribution >= 0.6 is 0 Å². The molecule has 0 bridgehead atoms. The third kappa shape index (κ3) is 41.8. The Morgan fingerprint density at radius 1 is 0.509 bits per heavy atom. The minimum atomic E-state index is -0.697. The van der Waals surface area contributed by atoms with Crippen LogP contribution in [0.4, 0.5) is 0 Å². The molecule has 0 spiro atoms. The molecule has 0 aromatic heterocycles. The summed E-state index contributed by atoms with van der Waals surface area (Å²) in [6.07, 6.45) is 51.5. The maximum Gasteiger partial charge on any atom is 0.305 e. The fourth-order valence-corrected chi connectivity index (χ4v) is 7.28. The van der Waals surface area contributed by atoms with Crippen molar-refractivity contribution < 1.29 is 24.5 Å². The molecular formula is C49H93NO5. The lowest BCUT2D eigenvalue weighted by Gasteiger charge is -2.22. The zero-order chi connectivity index (χ0) is 40.1. The highest BCUT2D eigenvalue weighted by molar-refractivity contribution is 5.76. The average Bonchev–Trinajstić information content (AvgIpc) is 3.18. The smallest absolute Gasteiger partial charge is 0.305 e. The minimum Gasteiger partial charge on any atom is -0.466 e. The van der Waals surface area contributed by atoms with E-state index in [1.54, 1.807) is 0 Å². The highest BCUT2D eigenvalue weighted by atomic mass is 16.5. The number of aliphatic hydroxyl groups excluding tert-OH is 2. The largest absolute Gasteiger partial charge is 0.466 e. The van der Waals surface area contributed by atoms with E-state index in [2.05, 4.69) is 37.4 Å². The van der Waals surface area contributed by atoms with Gasteiger partial charge in [-0.2, -0.15) is 0 Å². The maximum absolute atomic E-state index is 12.4. The summed E-state index contributed by atoms with van der Waals surface area (Å²) >= 11 is 0. The van der Waals surface area contributed by atoms with Gasteiger partial charge in [0.05, 0.1) is 25.4 Å². The Kier molecular flexibility index (Phi) is 43.7. The highest BCUT2D eigenvalue weighted by Gasteiger charge is 2.19. The van der Waals surface area contributed by atoms with Gasteiger partial charge in [0.15, 0.2) is 0 Å². The Morgan fingerprint density at radius 3 is 1.42 bits per heavy atom. The number of aliphatic hydroxyl groups is 2. The van der Waals surface area contributed by atoms with Gasteiger partial charge in [0.25, 0.3) is 0 Å². The van der Waals surface area contributed by atoms with Crippen molar-refractivity contribution in [3.63, 3.8) is 0 Å². The topological polar surface area (TPSA) is 95.9 Å². The molecule has 0 saturated heterocycles. The van der Waals surface area contributed by atoms with Crippen LogP contribution in [0.25, 0.3) is 0 Å². The summed E-state index contributed by atoms with van der Waals surface area (Å²) in [6, 6.07) is -0.583. The van der Waals surface area contributed by atoms with Crippen molar-refractivity contribution >= 4 is 11.9 Å². The van der Waals surface area contributed by atoms with Crippen LogP contribution in [0.2, 0.25) is 0 Å². The predicted molar refractivity (Wildman–Crippen MR) is 236 cm³/mol. The zero-order valence-corrected chi connectivity index (χ0v) is 36.7. The Hall–Kier alpha value is -1.66. The molecule has 0 aliphatic carbocycles. The van der Waals surface area contributed by atoms with Gasteiger partial charge in [-0.1, -0.05) is 218 Å². The van der Waals surface area contributed by atoms with Gasteiger partial charge in [-0.25, -0.2) is 0 Å². The zero-order valence-electron chi connectivity index (χ0n) is 36.7. The molecule has 55 heavy (non-hydrogen) atoms. The summed E-state index contributed by atoms with van der Waals surface area (Å²) in [5.41, 5.74) is 0. The van der Waals surface area contributed by atoms with Crippen LogP contribution in [0.3, 0.4) is 0 Å². The van der Waals surface area contributed by atoms with Crippen LogP contribution in [0.15, 0.2) is 24.3 Å². The Balaban J connectivity index is 3.57. The van der Waals surface area contributed by atoms with Crippen LogP contribution in [0.1, 0.15) is 251 Å². The first-order valence-electron chi connectivity index (χ1n) is 24.1. The van der Waals surface area contributed by atoms with Crippen molar-refractivity contribution in [3.05, 3.63) is 24.3 Å². The third-order valence-corrected chi connectivity index (χ3v) is 11.0. The van der Waals surface area contributed by atoms with Crippen molar-refractivity contribution in [2.75, 3.05) is 13.2 Å². The molecular weight excluding hydrogens is 683 g/mol. The van der Waals surface area contributed by atoms with E-state index in [-0.39, 0.29) is 18.5 Å². The predicted octanol–water partition coefficient (Wildman–Crippen LogP) is 14.0. The van der Waals surface area contributed by atoms with Crippen LogP contribution < -0.4 is 5.32 Å². The fourth-order valence-electron chi connectivity index (χ4n) is 7.28. The van der Waals surface area contributed by atoms with Gasteiger partial charge in [-0.3, -0.25) is 9.59 Å². The van der Waals surface area contributed by atoms with Gasteiger partial charge in [0.1, 0.15) is 0 Å². The highest BCUT2D eigenvalue weighted by Crippen LogP contribution is 2.16. The van der Waals surface area contributed by atoms with E-state index in [1.807, 2.05) is 6.08 Å². The normalized spacial score (nSPS) is 12.9. The molecule has 6 heteroatoms. The number of allylic oxidation sites excluding steroid dienone is 4. The van der Waals surface area contributed by atoms with Gasteiger partial charge in [0, 0.05) is 12.8 Å². The first-order valence-corrected chi connectivity index (χ1v) is 24.1. The maximum atomic E-state index is 12.4. The summed E-state index contributed by atoms with van der Waals surface area (Å²) in [6.45, 7) is 4.87. The van der Waals surface area contributed by atoms with Crippen LogP contribution in [-0.4, -0.2) is 47.4 Å². The standard InChI is InChI=1S/C49H93NO5/c1-3-5-7-9-11-13-15-16-18-22-25-29-33-37-41-47(52)46(45-51)50-48(53)42-38-34-30-26-23-19-17-20-24-28-32-36-40-44-55-49(54)43-39-35-31-27-21-14-12-10-8-6-4-2/h19,23,30,34,46-47,51-52H,3-18,20-22,24-29,31-33,35-45H2,1-2H3,(H,50,53)/b23-19-,34-30-. The number of carbonyl (C=O) groups is 2. The monoisotopic (exact) mass is 776 g/mol. The molecule has 1 amide bonds. The minimum absolute atomic E-state index is 0.0177. The Labute approximate surface area is 341 Å². The van der Waals surface area contributed by atoms with Gasteiger partial charge in [0.2, 0.25) is 5.91 Å². The molecule has 0 aromatic rings. The lowest BCUT2D eigenvalue weighted by molar-refractivity contribution is -0.143. The first-order chi connectivity index (χ1) is 27.0. The van der Waals surface area contributed by atoms with Gasteiger partial charge >= 0.3 is 5.97 Å². The first kappa shape index (κ1) is 53.3. The van der Waals surface area contributed by atoms with Crippen LogP contribution in [0.5, 0.6) is 0 Å². The molecule has 0 saturated carbocycles. The number of hydrogen-bond acceptors (Lipinski definition) is 5. The second-order valence-electron chi connectivity index (χ2n) is 16.4. The summed E-state index contributed by atoms with van der Waals surface area (Å²) in [7, 11) is 0. The van der Waals surface area contributed by atoms with E-state index in [9.17, 15) is 19.8 Å². The van der Waals surface area contributed by atoms with E-state index in [1.165, 1.54) is 161 Å². The van der Waals surface area contributed by atoms with E-state index in [4.69, 9.17) is 4.74 Å². The molecule has 2 unspecified atom stereocenters. The Morgan fingerprint density at radius 2 is 0.927 bits per heavy atom. The van der Waals surface area contributed by atoms with Crippen molar-refractivity contribution in [2.24, 2.45) is 0 Å². The SMILES string of the molecule is CCCCCCCCCCCCCCCCC(O)C(CO)NC(=O)CC/C=C\C/C=C\CCCCCCCCOC(=O)CCCCCCCCCCCCC. The van der Waals surface area contributed by atoms with Gasteiger partial charge < -0.3 is 20.3 Å². The Bertz CT molecular complexity index is 858. The molecule has 3 N–H and O–H groups in total. The third-order valence-electron chi connectivity index (χ3n) is 11.0. The van der Waals surface area contributed by atoms with E-state index in [0.717, 1.165) is 51.4 Å². The molecule has 0 aliphatic heterocycles. The van der Waals surface area contributed by atoms with Crippen LogP contribution in [-0.2, 0) is 14.3 Å². The molecule has 0 rings (SSSR count). The molecule has 0 radical (unpaired) electrons. The number of amides is 1. The van der Waals surface area contributed by atoms with E-state index < -0.39 is 12.1 Å². The number of carbonyl (C=O) groups excluding carboxylic acids is 2. The molecule has 6 nitrogen and oxygen atoms in total. The van der Waals surface area contributed by atoms with Crippen molar-refractivity contribution in [3.8, 4) is 0 Å². The van der Waals surface area contributed by atoms with Gasteiger partial charge in [-0.05, 0) is 44.9 Å². The summed E-state index contributed by atoms with van der Waals surface area (Å²) in [5.74, 6) is -0.133. The van der Waals surface area contributed by atoms with E-state index >= 15 is 0 Å². The number of esters is 1. The van der Waals surface area contributed by atoms with E-state index in [0.29, 0.717) is 32.3 Å².